The molecular weight excluding hydrogens is 336 g/mol. The van der Waals surface area contributed by atoms with Crippen LogP contribution in [0.4, 0.5) is 0 Å². The third-order valence-corrected chi connectivity index (χ3v) is 5.37. The first-order chi connectivity index (χ1) is 12.9. The maximum Gasteiger partial charge on any atom is 0.138 e. The molecule has 0 radical (unpaired) electrons. The second-order valence-electron chi connectivity index (χ2n) is 7.67. The fraction of sp³-hybridized carbons (Fsp3) is 0.364. The molecule has 0 aliphatic carbocycles. The highest BCUT2D eigenvalue weighted by molar-refractivity contribution is 5.42. The molecule has 0 amide bonds. The normalized spacial score (nSPS) is 13.7. The summed E-state index contributed by atoms with van der Waals surface area (Å²) >= 11 is 0. The Morgan fingerprint density at radius 2 is 1.81 bits per heavy atom. The largest absolute Gasteiger partial charge is 0.507 e. The fourth-order valence-electron chi connectivity index (χ4n) is 3.52. The van der Waals surface area contributed by atoms with Crippen LogP contribution in [0.5, 0.6) is 5.75 Å². The highest BCUT2D eigenvalue weighted by Gasteiger charge is 2.19. The van der Waals surface area contributed by atoms with Crippen LogP contribution < -0.4 is 4.90 Å². The minimum Gasteiger partial charge on any atom is -0.507 e. The van der Waals surface area contributed by atoms with Crippen LogP contribution in [0.3, 0.4) is 0 Å². The molecule has 142 valence electrons. The van der Waals surface area contributed by atoms with Crippen LogP contribution in [0.15, 0.2) is 49.1 Å². The number of nitrogens with one attached hydrogen (secondary N) is 1. The molecule has 0 aliphatic heterocycles. The van der Waals surface area contributed by atoms with Gasteiger partial charge < -0.3 is 10.0 Å². The summed E-state index contributed by atoms with van der Waals surface area (Å²) in [4.78, 5) is 5.32. The molecule has 1 heterocycles. The van der Waals surface area contributed by atoms with Gasteiger partial charge in [-0.1, -0.05) is 26.0 Å². The quantitative estimate of drug-likeness (QED) is 0.705. The zero-order chi connectivity index (χ0) is 19.6. The summed E-state index contributed by atoms with van der Waals surface area (Å²) in [5.74, 6) is 0.844. The van der Waals surface area contributed by atoms with Gasteiger partial charge in [0.15, 0.2) is 0 Å². The predicted molar refractivity (Wildman–Crippen MR) is 107 cm³/mol. The number of quaternary nitrogens is 1. The van der Waals surface area contributed by atoms with Crippen molar-refractivity contribution in [2.24, 2.45) is 0 Å². The molecular formula is C22H29N4O+. The van der Waals surface area contributed by atoms with E-state index in [9.17, 15) is 5.11 Å². The van der Waals surface area contributed by atoms with Crippen molar-refractivity contribution in [3.05, 3.63) is 71.3 Å². The SMILES string of the molecule is Cc1cc(O)c(C[NH+](C)[C@@H](C)c2ccc(-n3cncn3)cc2)cc1C(C)C. The number of hydrogen-bond acceptors (Lipinski definition) is 3. The van der Waals surface area contributed by atoms with Crippen molar-refractivity contribution in [1.29, 1.82) is 0 Å². The van der Waals surface area contributed by atoms with Gasteiger partial charge in [-0.2, -0.15) is 5.10 Å². The average molecular weight is 366 g/mol. The molecule has 0 bridgehead atoms. The van der Waals surface area contributed by atoms with E-state index in [1.807, 2.05) is 6.07 Å². The van der Waals surface area contributed by atoms with E-state index in [0.29, 0.717) is 17.7 Å². The molecule has 5 nitrogen and oxygen atoms in total. The lowest BCUT2D eigenvalue weighted by Crippen LogP contribution is -3.07. The fourth-order valence-corrected chi connectivity index (χ4v) is 3.52. The van der Waals surface area contributed by atoms with Gasteiger partial charge >= 0.3 is 0 Å². The van der Waals surface area contributed by atoms with Crippen molar-refractivity contribution in [2.45, 2.75) is 46.2 Å². The molecule has 27 heavy (non-hydrogen) atoms. The van der Waals surface area contributed by atoms with Gasteiger partial charge in [0.2, 0.25) is 0 Å². The number of benzene rings is 2. The predicted octanol–water partition coefficient (Wildman–Crippen LogP) is 3.18. The number of hydrogen-bond donors (Lipinski definition) is 2. The Bertz CT molecular complexity index is 885. The summed E-state index contributed by atoms with van der Waals surface area (Å²) in [6.45, 7) is 9.44. The maximum absolute atomic E-state index is 10.4. The van der Waals surface area contributed by atoms with Gasteiger partial charge in [-0.25, -0.2) is 9.67 Å². The lowest BCUT2D eigenvalue weighted by Gasteiger charge is -2.23. The van der Waals surface area contributed by atoms with Crippen molar-refractivity contribution in [2.75, 3.05) is 7.05 Å². The number of aromatic hydroxyl groups is 1. The van der Waals surface area contributed by atoms with E-state index < -0.39 is 0 Å². The van der Waals surface area contributed by atoms with E-state index in [1.165, 1.54) is 22.4 Å². The van der Waals surface area contributed by atoms with Crippen LogP contribution in [-0.2, 0) is 6.54 Å². The van der Waals surface area contributed by atoms with Crippen LogP contribution in [0, 0.1) is 6.92 Å². The van der Waals surface area contributed by atoms with Crippen LogP contribution in [0.1, 0.15) is 55.0 Å². The molecule has 3 rings (SSSR count). The molecule has 2 N–H and O–H groups in total. The van der Waals surface area contributed by atoms with E-state index >= 15 is 0 Å². The molecule has 0 fully saturated rings. The smallest absolute Gasteiger partial charge is 0.138 e. The first kappa shape index (κ1) is 19.1. The maximum atomic E-state index is 10.4. The van der Waals surface area contributed by atoms with Gasteiger partial charge in [-0.3, -0.25) is 0 Å². The molecule has 1 unspecified atom stereocenters. The Labute approximate surface area is 161 Å². The second-order valence-corrected chi connectivity index (χ2v) is 7.67. The Kier molecular flexibility index (Phi) is 5.61. The van der Waals surface area contributed by atoms with Crippen molar-refractivity contribution in [3.63, 3.8) is 0 Å². The first-order valence-corrected chi connectivity index (χ1v) is 9.46. The Morgan fingerprint density at radius 1 is 1.11 bits per heavy atom. The van der Waals surface area contributed by atoms with E-state index in [4.69, 9.17) is 0 Å². The van der Waals surface area contributed by atoms with Crippen molar-refractivity contribution in [3.8, 4) is 11.4 Å². The standard InChI is InChI=1S/C22H28N4O/c1-15(2)21-11-19(22(27)10-16(21)3)12-25(5)17(4)18-6-8-20(9-7-18)26-14-23-13-24-26/h6-11,13-15,17,27H,12H2,1-5H3/p+1/t17-/m0/s1. The molecule has 0 saturated heterocycles. The molecule has 2 atom stereocenters. The van der Waals surface area contributed by atoms with Crippen LogP contribution in [0.25, 0.3) is 5.69 Å². The van der Waals surface area contributed by atoms with Crippen molar-refractivity contribution in [1.82, 2.24) is 14.8 Å². The number of nitrogens with zero attached hydrogens (tertiary/aromatic N) is 3. The summed E-state index contributed by atoms with van der Waals surface area (Å²) < 4.78 is 1.75. The van der Waals surface area contributed by atoms with Gasteiger partial charge in [-0.15, -0.1) is 0 Å². The number of aryl methyl sites for hydroxylation is 1. The summed E-state index contributed by atoms with van der Waals surface area (Å²) in [7, 11) is 2.17. The van der Waals surface area contributed by atoms with E-state index in [2.05, 4.69) is 75.2 Å². The Hall–Kier alpha value is -2.66. The number of rotatable bonds is 6. The minimum atomic E-state index is 0.304. The summed E-state index contributed by atoms with van der Waals surface area (Å²) in [6, 6.07) is 12.8. The van der Waals surface area contributed by atoms with Gasteiger partial charge in [0.05, 0.1) is 12.7 Å². The number of phenols is 1. The van der Waals surface area contributed by atoms with Gasteiger partial charge in [0.1, 0.15) is 31.0 Å². The zero-order valence-electron chi connectivity index (χ0n) is 16.8. The van der Waals surface area contributed by atoms with E-state index in [-0.39, 0.29) is 0 Å². The molecule has 0 spiro atoms. The highest BCUT2D eigenvalue weighted by Crippen LogP contribution is 2.27. The molecule has 2 aromatic carbocycles. The average Bonchev–Trinajstić information content (AvgIpc) is 3.17. The van der Waals surface area contributed by atoms with Crippen molar-refractivity contribution >= 4 is 0 Å². The number of aromatic nitrogens is 3. The molecule has 0 saturated carbocycles. The summed E-state index contributed by atoms with van der Waals surface area (Å²) in [5, 5.41) is 14.6. The Balaban J connectivity index is 1.76. The molecule has 1 aromatic heterocycles. The van der Waals surface area contributed by atoms with Gasteiger partial charge in [-0.05, 0) is 55.2 Å². The first-order valence-electron chi connectivity index (χ1n) is 9.46. The lowest BCUT2D eigenvalue weighted by atomic mass is 9.94. The number of phenolic OH excluding ortho intramolecular Hbond substituents is 1. The van der Waals surface area contributed by atoms with Gasteiger partial charge in [0.25, 0.3) is 0 Å². The highest BCUT2D eigenvalue weighted by atomic mass is 16.3. The Morgan fingerprint density at radius 3 is 2.41 bits per heavy atom. The monoisotopic (exact) mass is 365 g/mol. The van der Waals surface area contributed by atoms with Crippen LogP contribution >= 0.6 is 0 Å². The van der Waals surface area contributed by atoms with E-state index in [0.717, 1.165) is 23.4 Å². The summed E-state index contributed by atoms with van der Waals surface area (Å²) in [6.07, 6.45) is 3.23. The molecule has 3 aromatic rings. The minimum absolute atomic E-state index is 0.304. The van der Waals surface area contributed by atoms with Crippen LogP contribution in [-0.4, -0.2) is 26.9 Å². The third-order valence-electron chi connectivity index (χ3n) is 5.37. The lowest BCUT2D eigenvalue weighted by molar-refractivity contribution is -0.924. The van der Waals surface area contributed by atoms with E-state index in [1.54, 1.807) is 11.0 Å². The summed E-state index contributed by atoms with van der Waals surface area (Å²) in [5.41, 5.74) is 5.72. The molecule has 5 heteroatoms. The van der Waals surface area contributed by atoms with Crippen LogP contribution in [0.2, 0.25) is 0 Å². The third kappa shape index (κ3) is 4.19. The molecule has 0 aliphatic rings. The van der Waals surface area contributed by atoms with Crippen molar-refractivity contribution < 1.29 is 10.0 Å². The zero-order valence-corrected chi connectivity index (χ0v) is 16.8. The topological polar surface area (TPSA) is 55.4 Å². The second kappa shape index (κ2) is 7.92. The van der Waals surface area contributed by atoms with Gasteiger partial charge in [0, 0.05) is 11.1 Å².